The zero-order valence-electron chi connectivity index (χ0n) is 19.0. The van der Waals surface area contributed by atoms with Gasteiger partial charge in [0.15, 0.2) is 0 Å². The van der Waals surface area contributed by atoms with Crippen molar-refractivity contribution < 1.29 is 14.4 Å². The van der Waals surface area contributed by atoms with Crippen LogP contribution in [0.15, 0.2) is 30.5 Å². The quantitative estimate of drug-likeness (QED) is 0.720. The van der Waals surface area contributed by atoms with E-state index >= 15 is 0 Å². The second kappa shape index (κ2) is 8.26. The lowest BCUT2D eigenvalue weighted by Crippen LogP contribution is -2.49. The average molecular weight is 436 g/mol. The predicted octanol–water partition coefficient (Wildman–Crippen LogP) is 2.41. The number of piperazine rings is 1. The molecule has 2 aliphatic rings. The van der Waals surface area contributed by atoms with Gasteiger partial charge in [0.25, 0.3) is 11.8 Å². The molecule has 4 amide bonds. The molecule has 3 heterocycles. The van der Waals surface area contributed by atoms with Gasteiger partial charge in [0, 0.05) is 37.9 Å². The molecule has 0 spiro atoms. The summed E-state index contributed by atoms with van der Waals surface area (Å²) in [5.74, 6) is 0.595. The first-order valence-electron chi connectivity index (χ1n) is 11.0. The van der Waals surface area contributed by atoms with E-state index in [1.54, 1.807) is 12.1 Å². The first-order chi connectivity index (χ1) is 15.2. The number of amides is 4. The van der Waals surface area contributed by atoms with Crippen LogP contribution in [0, 0.1) is 20.8 Å². The molecule has 1 atom stereocenters. The molecular weight excluding hydrogens is 406 g/mol. The van der Waals surface area contributed by atoms with Crippen molar-refractivity contribution >= 4 is 23.7 Å². The minimum Gasteiger partial charge on any atom is -0.353 e. The van der Waals surface area contributed by atoms with Crippen molar-refractivity contribution in [1.82, 2.24) is 20.5 Å². The van der Waals surface area contributed by atoms with Crippen molar-refractivity contribution in [2.75, 3.05) is 31.1 Å². The van der Waals surface area contributed by atoms with Gasteiger partial charge < -0.3 is 15.1 Å². The summed E-state index contributed by atoms with van der Waals surface area (Å²) in [4.78, 5) is 46.0. The number of nitrogens with one attached hydrogen (secondary N) is 2. The molecule has 2 fully saturated rings. The Balaban J connectivity index is 1.49. The topological polar surface area (TPSA) is 94.6 Å². The van der Waals surface area contributed by atoms with Gasteiger partial charge in [0.1, 0.15) is 11.4 Å². The number of urea groups is 1. The van der Waals surface area contributed by atoms with E-state index in [-0.39, 0.29) is 11.8 Å². The van der Waals surface area contributed by atoms with E-state index in [1.807, 2.05) is 37.9 Å². The Labute approximate surface area is 188 Å². The van der Waals surface area contributed by atoms with Gasteiger partial charge in [-0.25, -0.2) is 9.78 Å². The number of hydrogen-bond acceptors (Lipinski definition) is 5. The van der Waals surface area contributed by atoms with Crippen molar-refractivity contribution in [2.24, 2.45) is 0 Å². The maximum Gasteiger partial charge on any atom is 0.322 e. The molecule has 0 unspecified atom stereocenters. The van der Waals surface area contributed by atoms with Crippen LogP contribution in [0.5, 0.6) is 0 Å². The molecule has 2 saturated heterocycles. The SMILES string of the molecule is CC[C@@]1(c2ccc(C(=O)N3CCN(c4ncc(C)cc4C)CC3)c(C)c2)NC(=O)NC1=O. The summed E-state index contributed by atoms with van der Waals surface area (Å²) in [5.41, 5.74) is 3.27. The van der Waals surface area contributed by atoms with Crippen molar-refractivity contribution in [1.29, 1.82) is 0 Å². The number of imide groups is 1. The van der Waals surface area contributed by atoms with Gasteiger partial charge in [0.05, 0.1) is 0 Å². The molecule has 2 aromatic rings. The number of anilines is 1. The zero-order valence-corrected chi connectivity index (χ0v) is 19.0. The van der Waals surface area contributed by atoms with Crippen LogP contribution >= 0.6 is 0 Å². The number of aryl methyl sites for hydroxylation is 3. The van der Waals surface area contributed by atoms with Crippen LogP contribution in [-0.2, 0) is 10.3 Å². The van der Waals surface area contributed by atoms with Crippen molar-refractivity contribution in [3.8, 4) is 0 Å². The highest BCUT2D eigenvalue weighted by molar-refractivity contribution is 6.07. The summed E-state index contributed by atoms with van der Waals surface area (Å²) in [7, 11) is 0. The highest BCUT2D eigenvalue weighted by Gasteiger charge is 2.46. The van der Waals surface area contributed by atoms with E-state index in [9.17, 15) is 14.4 Å². The first kappa shape index (κ1) is 21.8. The molecule has 0 radical (unpaired) electrons. The highest BCUT2D eigenvalue weighted by atomic mass is 16.2. The van der Waals surface area contributed by atoms with Crippen molar-refractivity contribution in [3.63, 3.8) is 0 Å². The lowest BCUT2D eigenvalue weighted by molar-refractivity contribution is -0.124. The van der Waals surface area contributed by atoms with Crippen LogP contribution in [-0.4, -0.2) is 53.9 Å². The van der Waals surface area contributed by atoms with Crippen molar-refractivity contribution in [2.45, 2.75) is 39.7 Å². The van der Waals surface area contributed by atoms with Gasteiger partial charge in [-0.15, -0.1) is 0 Å². The van der Waals surface area contributed by atoms with Gasteiger partial charge >= 0.3 is 6.03 Å². The number of rotatable bonds is 4. The largest absolute Gasteiger partial charge is 0.353 e. The van der Waals surface area contributed by atoms with Gasteiger partial charge in [0.2, 0.25) is 0 Å². The van der Waals surface area contributed by atoms with Gasteiger partial charge in [-0.2, -0.15) is 0 Å². The van der Waals surface area contributed by atoms with E-state index in [2.05, 4.69) is 33.5 Å². The van der Waals surface area contributed by atoms with Gasteiger partial charge in [-0.3, -0.25) is 14.9 Å². The molecule has 8 heteroatoms. The lowest BCUT2D eigenvalue weighted by Gasteiger charge is -2.36. The molecule has 0 bridgehead atoms. The molecule has 8 nitrogen and oxygen atoms in total. The third-order valence-electron chi connectivity index (χ3n) is 6.48. The monoisotopic (exact) mass is 435 g/mol. The van der Waals surface area contributed by atoms with Crippen LogP contribution in [0.2, 0.25) is 0 Å². The molecule has 0 saturated carbocycles. The fourth-order valence-corrected chi connectivity index (χ4v) is 4.65. The number of aromatic nitrogens is 1. The highest BCUT2D eigenvalue weighted by Crippen LogP contribution is 2.30. The second-order valence-corrected chi connectivity index (χ2v) is 8.63. The van der Waals surface area contributed by atoms with Crippen LogP contribution in [0.3, 0.4) is 0 Å². The molecule has 1 aromatic carbocycles. The van der Waals surface area contributed by atoms with E-state index in [0.717, 1.165) is 35.6 Å². The lowest BCUT2D eigenvalue weighted by atomic mass is 9.85. The van der Waals surface area contributed by atoms with E-state index in [0.29, 0.717) is 30.6 Å². The van der Waals surface area contributed by atoms with Crippen LogP contribution in [0.1, 0.15) is 46.0 Å². The fraction of sp³-hybridized carbons (Fsp3) is 0.417. The fourth-order valence-electron chi connectivity index (χ4n) is 4.65. The molecule has 2 aliphatic heterocycles. The van der Waals surface area contributed by atoms with Crippen LogP contribution < -0.4 is 15.5 Å². The molecule has 2 N–H and O–H groups in total. The minimum atomic E-state index is -1.09. The molecule has 1 aromatic heterocycles. The number of carbonyl (C=O) groups excluding carboxylic acids is 3. The standard InChI is InChI=1S/C24H29N5O3/c1-5-24(22(31)26-23(32)27-24)18-6-7-19(16(3)13-18)21(30)29-10-8-28(9-11-29)20-17(4)12-15(2)14-25-20/h6-7,12-14H,5,8-11H2,1-4H3,(H2,26,27,31,32)/t24-/m0/s1. The number of nitrogens with zero attached hydrogens (tertiary/aromatic N) is 3. The van der Waals surface area contributed by atoms with Gasteiger partial charge in [-0.05, 0) is 55.5 Å². The first-order valence-corrected chi connectivity index (χ1v) is 11.0. The Kier molecular flexibility index (Phi) is 5.62. The summed E-state index contributed by atoms with van der Waals surface area (Å²) in [6.45, 7) is 10.5. The summed E-state index contributed by atoms with van der Waals surface area (Å²) < 4.78 is 0. The number of carbonyl (C=O) groups is 3. The number of benzene rings is 1. The normalized spacial score (nSPS) is 20.9. The average Bonchev–Trinajstić information content (AvgIpc) is 3.07. The maximum atomic E-state index is 13.2. The predicted molar refractivity (Wildman–Crippen MR) is 122 cm³/mol. The molecule has 4 rings (SSSR count). The Morgan fingerprint density at radius 3 is 2.34 bits per heavy atom. The summed E-state index contributed by atoms with van der Waals surface area (Å²) in [5, 5.41) is 5.06. The number of hydrogen-bond donors (Lipinski definition) is 2. The third-order valence-corrected chi connectivity index (χ3v) is 6.48. The molecule has 0 aliphatic carbocycles. The molecule has 32 heavy (non-hydrogen) atoms. The Hall–Kier alpha value is -3.42. The zero-order chi connectivity index (χ0) is 23.0. The summed E-state index contributed by atoms with van der Waals surface area (Å²) >= 11 is 0. The van der Waals surface area contributed by atoms with Crippen molar-refractivity contribution in [3.05, 3.63) is 58.3 Å². The summed E-state index contributed by atoms with van der Waals surface area (Å²) in [6, 6.07) is 7.00. The van der Waals surface area contributed by atoms with Crippen LogP contribution in [0.25, 0.3) is 0 Å². The molecular formula is C24H29N5O3. The van der Waals surface area contributed by atoms with Gasteiger partial charge in [-0.1, -0.05) is 25.1 Å². The Bertz CT molecular complexity index is 1090. The third kappa shape index (κ3) is 3.70. The Morgan fingerprint density at radius 1 is 1.06 bits per heavy atom. The number of pyridine rings is 1. The maximum absolute atomic E-state index is 13.2. The Morgan fingerprint density at radius 2 is 1.78 bits per heavy atom. The molecule has 168 valence electrons. The second-order valence-electron chi connectivity index (χ2n) is 8.63. The van der Waals surface area contributed by atoms with E-state index in [4.69, 9.17) is 0 Å². The summed E-state index contributed by atoms with van der Waals surface area (Å²) in [6.07, 6.45) is 2.30. The minimum absolute atomic E-state index is 0.0206. The van der Waals surface area contributed by atoms with E-state index in [1.165, 1.54) is 0 Å². The van der Waals surface area contributed by atoms with Crippen LogP contribution in [0.4, 0.5) is 10.6 Å². The smallest absolute Gasteiger partial charge is 0.322 e. The van der Waals surface area contributed by atoms with E-state index < -0.39 is 11.6 Å².